The molecule has 5 nitrogen and oxygen atoms in total. The standard InChI is InChI=1S/C11H20N4O/c1-4-10(5-6-16)7-12-11-13-8(2)9(3)14-15-11/h10,16H,4-7H2,1-3H3,(H,12,13,15). The summed E-state index contributed by atoms with van der Waals surface area (Å²) in [6.07, 6.45) is 1.84. The molecule has 0 amide bonds. The van der Waals surface area contributed by atoms with Gasteiger partial charge in [0.05, 0.1) is 11.4 Å². The average molecular weight is 224 g/mol. The lowest BCUT2D eigenvalue weighted by molar-refractivity contribution is 0.258. The Balaban J connectivity index is 2.50. The van der Waals surface area contributed by atoms with Crippen LogP contribution in [0.2, 0.25) is 0 Å². The maximum atomic E-state index is 8.87. The van der Waals surface area contributed by atoms with Gasteiger partial charge in [-0.2, -0.15) is 5.10 Å². The first-order valence-corrected chi connectivity index (χ1v) is 5.70. The van der Waals surface area contributed by atoms with Gasteiger partial charge in [0.1, 0.15) is 0 Å². The second-order valence-corrected chi connectivity index (χ2v) is 3.97. The molecule has 0 aliphatic carbocycles. The summed E-state index contributed by atoms with van der Waals surface area (Å²) < 4.78 is 0. The van der Waals surface area contributed by atoms with Gasteiger partial charge in [0.15, 0.2) is 0 Å². The normalized spacial score (nSPS) is 12.5. The van der Waals surface area contributed by atoms with Crippen molar-refractivity contribution in [3.63, 3.8) is 0 Å². The van der Waals surface area contributed by atoms with Crippen molar-refractivity contribution in [1.82, 2.24) is 15.2 Å². The van der Waals surface area contributed by atoms with Crippen LogP contribution in [0.15, 0.2) is 0 Å². The van der Waals surface area contributed by atoms with E-state index in [2.05, 4.69) is 27.4 Å². The summed E-state index contributed by atoms with van der Waals surface area (Å²) in [4.78, 5) is 4.29. The fourth-order valence-electron chi connectivity index (χ4n) is 1.40. The van der Waals surface area contributed by atoms with E-state index in [0.717, 1.165) is 30.8 Å². The minimum absolute atomic E-state index is 0.228. The van der Waals surface area contributed by atoms with Gasteiger partial charge >= 0.3 is 0 Å². The van der Waals surface area contributed by atoms with E-state index >= 15 is 0 Å². The highest BCUT2D eigenvalue weighted by molar-refractivity contribution is 5.24. The van der Waals surface area contributed by atoms with Crippen molar-refractivity contribution in [2.24, 2.45) is 5.92 Å². The predicted molar refractivity (Wildman–Crippen MR) is 63.3 cm³/mol. The Hall–Kier alpha value is -1.23. The van der Waals surface area contributed by atoms with Gasteiger partial charge in [-0.3, -0.25) is 0 Å². The van der Waals surface area contributed by atoms with Gasteiger partial charge in [0, 0.05) is 13.2 Å². The van der Waals surface area contributed by atoms with Crippen LogP contribution in [0, 0.1) is 19.8 Å². The molecule has 5 heteroatoms. The quantitative estimate of drug-likeness (QED) is 0.762. The van der Waals surface area contributed by atoms with Crippen molar-refractivity contribution in [2.75, 3.05) is 18.5 Å². The van der Waals surface area contributed by atoms with Crippen molar-refractivity contribution in [2.45, 2.75) is 33.6 Å². The number of aliphatic hydroxyl groups is 1. The molecule has 0 saturated carbocycles. The number of hydrogen-bond acceptors (Lipinski definition) is 5. The molecule has 1 heterocycles. The van der Waals surface area contributed by atoms with Gasteiger partial charge in [-0.15, -0.1) is 5.10 Å². The van der Waals surface area contributed by atoms with E-state index in [1.807, 2.05) is 13.8 Å². The Morgan fingerprint density at radius 3 is 2.56 bits per heavy atom. The number of hydrogen-bond donors (Lipinski definition) is 2. The Kier molecular flexibility index (Phi) is 5.11. The van der Waals surface area contributed by atoms with E-state index in [9.17, 15) is 0 Å². The molecule has 0 aromatic carbocycles. The van der Waals surface area contributed by atoms with Gasteiger partial charge in [-0.05, 0) is 26.2 Å². The van der Waals surface area contributed by atoms with Gasteiger partial charge in [0.2, 0.25) is 5.95 Å². The number of nitrogens with zero attached hydrogens (tertiary/aromatic N) is 3. The zero-order valence-corrected chi connectivity index (χ0v) is 10.2. The maximum absolute atomic E-state index is 8.87. The Bertz CT molecular complexity index is 330. The number of rotatable bonds is 6. The third kappa shape index (κ3) is 3.73. The minimum Gasteiger partial charge on any atom is -0.396 e. The van der Waals surface area contributed by atoms with Crippen molar-refractivity contribution in [3.05, 3.63) is 11.4 Å². The van der Waals surface area contributed by atoms with Crippen LogP contribution in [0.1, 0.15) is 31.2 Å². The molecule has 1 aromatic rings. The number of aliphatic hydroxyl groups excluding tert-OH is 1. The molecule has 1 atom stereocenters. The number of nitrogens with one attached hydrogen (secondary N) is 1. The summed E-state index contributed by atoms with van der Waals surface area (Å²) >= 11 is 0. The molecular formula is C11H20N4O. The van der Waals surface area contributed by atoms with Crippen molar-refractivity contribution >= 4 is 5.95 Å². The number of aryl methyl sites for hydroxylation is 2. The fraction of sp³-hybridized carbons (Fsp3) is 0.727. The predicted octanol–water partition coefficient (Wildman–Crippen LogP) is 1.31. The Morgan fingerprint density at radius 2 is 2.00 bits per heavy atom. The lowest BCUT2D eigenvalue weighted by atomic mass is 10.0. The van der Waals surface area contributed by atoms with E-state index in [1.165, 1.54) is 0 Å². The summed E-state index contributed by atoms with van der Waals surface area (Å²) in [7, 11) is 0. The van der Waals surface area contributed by atoms with Crippen LogP contribution >= 0.6 is 0 Å². The second-order valence-electron chi connectivity index (χ2n) is 3.97. The fourth-order valence-corrected chi connectivity index (χ4v) is 1.40. The molecule has 16 heavy (non-hydrogen) atoms. The number of aromatic nitrogens is 3. The molecule has 2 N–H and O–H groups in total. The Labute approximate surface area is 96.3 Å². The zero-order chi connectivity index (χ0) is 12.0. The van der Waals surface area contributed by atoms with Crippen LogP contribution < -0.4 is 5.32 Å². The molecule has 0 fully saturated rings. The van der Waals surface area contributed by atoms with Crippen molar-refractivity contribution in [1.29, 1.82) is 0 Å². The van der Waals surface area contributed by atoms with Crippen LogP contribution in [0.5, 0.6) is 0 Å². The minimum atomic E-state index is 0.228. The molecule has 90 valence electrons. The molecule has 1 unspecified atom stereocenters. The topological polar surface area (TPSA) is 70.9 Å². The van der Waals surface area contributed by atoms with Crippen LogP contribution in [0.3, 0.4) is 0 Å². The van der Waals surface area contributed by atoms with E-state index in [-0.39, 0.29) is 6.61 Å². The zero-order valence-electron chi connectivity index (χ0n) is 10.2. The molecule has 0 bridgehead atoms. The van der Waals surface area contributed by atoms with Gasteiger partial charge in [-0.1, -0.05) is 13.3 Å². The lowest BCUT2D eigenvalue weighted by Crippen LogP contribution is -2.17. The third-order valence-corrected chi connectivity index (χ3v) is 2.76. The monoisotopic (exact) mass is 224 g/mol. The smallest absolute Gasteiger partial charge is 0.242 e. The first-order chi connectivity index (χ1) is 7.67. The third-order valence-electron chi connectivity index (χ3n) is 2.76. The van der Waals surface area contributed by atoms with E-state index in [0.29, 0.717) is 11.9 Å². The highest BCUT2D eigenvalue weighted by Gasteiger charge is 2.07. The van der Waals surface area contributed by atoms with Crippen molar-refractivity contribution < 1.29 is 5.11 Å². The summed E-state index contributed by atoms with van der Waals surface area (Å²) in [6.45, 7) is 6.93. The first kappa shape index (κ1) is 12.8. The summed E-state index contributed by atoms with van der Waals surface area (Å²) in [5, 5.41) is 20.0. The van der Waals surface area contributed by atoms with E-state index in [4.69, 9.17) is 5.11 Å². The van der Waals surface area contributed by atoms with Crippen LogP contribution in [0.25, 0.3) is 0 Å². The lowest BCUT2D eigenvalue weighted by Gasteiger charge is -2.14. The highest BCUT2D eigenvalue weighted by Crippen LogP contribution is 2.09. The molecule has 1 rings (SSSR count). The average Bonchev–Trinajstić information content (AvgIpc) is 2.28. The molecule has 0 saturated heterocycles. The molecule has 0 aliphatic heterocycles. The van der Waals surface area contributed by atoms with Crippen LogP contribution in [-0.2, 0) is 0 Å². The molecular weight excluding hydrogens is 204 g/mol. The Morgan fingerprint density at radius 1 is 1.25 bits per heavy atom. The number of anilines is 1. The molecule has 0 aliphatic rings. The van der Waals surface area contributed by atoms with Crippen molar-refractivity contribution in [3.8, 4) is 0 Å². The largest absolute Gasteiger partial charge is 0.396 e. The maximum Gasteiger partial charge on any atom is 0.242 e. The highest BCUT2D eigenvalue weighted by atomic mass is 16.3. The van der Waals surface area contributed by atoms with Gasteiger partial charge < -0.3 is 10.4 Å². The van der Waals surface area contributed by atoms with Crippen LogP contribution in [-0.4, -0.2) is 33.4 Å². The first-order valence-electron chi connectivity index (χ1n) is 5.70. The van der Waals surface area contributed by atoms with Gasteiger partial charge in [0.25, 0.3) is 0 Å². The molecule has 1 aromatic heterocycles. The summed E-state index contributed by atoms with van der Waals surface area (Å²) in [5.41, 5.74) is 1.75. The van der Waals surface area contributed by atoms with Gasteiger partial charge in [-0.25, -0.2) is 4.98 Å². The molecule has 0 spiro atoms. The second kappa shape index (κ2) is 6.37. The molecule has 0 radical (unpaired) electrons. The van der Waals surface area contributed by atoms with E-state index in [1.54, 1.807) is 0 Å². The van der Waals surface area contributed by atoms with E-state index < -0.39 is 0 Å². The SMILES string of the molecule is CCC(CCO)CNc1nnc(C)c(C)n1. The van der Waals surface area contributed by atoms with Crippen LogP contribution in [0.4, 0.5) is 5.95 Å². The summed E-state index contributed by atoms with van der Waals surface area (Å²) in [6, 6.07) is 0. The summed E-state index contributed by atoms with van der Waals surface area (Å²) in [5.74, 6) is 1.02.